The molecule has 35 heavy (non-hydrogen) atoms. The summed E-state index contributed by atoms with van der Waals surface area (Å²) < 4.78 is 43.6. The van der Waals surface area contributed by atoms with Crippen molar-refractivity contribution in [3.05, 3.63) is 34.8 Å². The SMILES string of the molecule is C\C=C(C#N)/N=C\C(Nc1cc(C2CCC(OC(=O)NC3(CC(F)(F)F)CC3)C2)[nH]n1)=C(\C)CC. The molecule has 11 heteroatoms. The van der Waals surface area contributed by atoms with Crippen LogP contribution in [-0.4, -0.2) is 40.3 Å². The van der Waals surface area contributed by atoms with Crippen molar-refractivity contribution in [3.8, 4) is 6.07 Å². The van der Waals surface area contributed by atoms with E-state index in [-0.39, 0.29) is 12.0 Å². The van der Waals surface area contributed by atoms with E-state index in [1.807, 2.05) is 26.0 Å². The number of allylic oxidation sites excluding steroid dienone is 4. The van der Waals surface area contributed by atoms with E-state index < -0.39 is 24.2 Å². The lowest BCUT2D eigenvalue weighted by atomic mass is 10.0. The lowest BCUT2D eigenvalue weighted by molar-refractivity contribution is -0.141. The number of aromatic nitrogens is 2. The second-order valence-corrected chi connectivity index (χ2v) is 9.16. The highest BCUT2D eigenvalue weighted by Gasteiger charge is 2.52. The lowest BCUT2D eigenvalue weighted by Crippen LogP contribution is -2.41. The number of aliphatic imine (C=N–C) groups is 1. The molecule has 0 aromatic carbocycles. The molecule has 3 rings (SSSR count). The molecule has 0 radical (unpaired) electrons. The fourth-order valence-electron chi connectivity index (χ4n) is 4.10. The summed E-state index contributed by atoms with van der Waals surface area (Å²) in [5.41, 5.74) is 1.78. The highest BCUT2D eigenvalue weighted by Crippen LogP contribution is 2.44. The monoisotopic (exact) mass is 492 g/mol. The van der Waals surface area contributed by atoms with Crippen LogP contribution in [0.5, 0.6) is 0 Å². The van der Waals surface area contributed by atoms with E-state index in [2.05, 4.69) is 25.8 Å². The number of hydrogen-bond acceptors (Lipinski definition) is 6. The van der Waals surface area contributed by atoms with Gasteiger partial charge in [0.05, 0.1) is 23.9 Å². The van der Waals surface area contributed by atoms with E-state index in [1.165, 1.54) is 0 Å². The van der Waals surface area contributed by atoms with E-state index in [4.69, 9.17) is 10.00 Å². The number of rotatable bonds is 9. The molecule has 190 valence electrons. The van der Waals surface area contributed by atoms with Gasteiger partial charge in [-0.05, 0) is 57.9 Å². The first-order chi connectivity index (χ1) is 16.6. The fraction of sp³-hybridized carbons (Fsp3) is 0.583. The molecule has 2 aliphatic rings. The van der Waals surface area contributed by atoms with Crippen LogP contribution in [0.15, 0.2) is 34.1 Å². The molecule has 1 amide bonds. The van der Waals surface area contributed by atoms with E-state index >= 15 is 0 Å². The maximum absolute atomic E-state index is 12.7. The highest BCUT2D eigenvalue weighted by atomic mass is 19.4. The summed E-state index contributed by atoms with van der Waals surface area (Å²) >= 11 is 0. The number of anilines is 1. The van der Waals surface area contributed by atoms with Gasteiger partial charge in [0.2, 0.25) is 0 Å². The summed E-state index contributed by atoms with van der Waals surface area (Å²) in [7, 11) is 0. The van der Waals surface area contributed by atoms with Crippen LogP contribution in [0.1, 0.15) is 77.3 Å². The summed E-state index contributed by atoms with van der Waals surface area (Å²) in [5, 5.41) is 22.1. The number of carbonyl (C=O) groups is 1. The van der Waals surface area contributed by atoms with Gasteiger partial charge >= 0.3 is 12.3 Å². The van der Waals surface area contributed by atoms with Crippen molar-refractivity contribution in [2.75, 3.05) is 5.32 Å². The molecule has 2 saturated carbocycles. The number of aromatic amines is 1. The summed E-state index contributed by atoms with van der Waals surface area (Å²) in [6.07, 6.45) is 0.0854. The van der Waals surface area contributed by atoms with Gasteiger partial charge in [-0.2, -0.15) is 23.5 Å². The molecule has 2 aliphatic carbocycles. The molecule has 3 N–H and O–H groups in total. The minimum Gasteiger partial charge on any atom is -0.446 e. The molecular formula is C24H31F3N6O2. The Labute approximate surface area is 202 Å². The van der Waals surface area contributed by atoms with Gasteiger partial charge in [0, 0.05) is 17.7 Å². The number of hydrogen-bond donors (Lipinski definition) is 3. The molecule has 0 bridgehead atoms. The van der Waals surface area contributed by atoms with Gasteiger partial charge in [0.15, 0.2) is 5.82 Å². The van der Waals surface area contributed by atoms with Crippen molar-refractivity contribution >= 4 is 18.1 Å². The topological polar surface area (TPSA) is 115 Å². The Bertz CT molecular complexity index is 1050. The first-order valence-corrected chi connectivity index (χ1v) is 11.7. The zero-order valence-corrected chi connectivity index (χ0v) is 20.1. The van der Waals surface area contributed by atoms with Crippen LogP contribution in [-0.2, 0) is 4.74 Å². The molecule has 2 unspecified atom stereocenters. The maximum Gasteiger partial charge on any atom is 0.407 e. The van der Waals surface area contributed by atoms with Gasteiger partial charge < -0.3 is 15.4 Å². The Morgan fingerprint density at radius 1 is 1.43 bits per heavy atom. The second-order valence-electron chi connectivity index (χ2n) is 9.16. The van der Waals surface area contributed by atoms with E-state index in [0.717, 1.165) is 29.8 Å². The predicted molar refractivity (Wildman–Crippen MR) is 126 cm³/mol. The number of H-pyrrole nitrogens is 1. The number of alkyl halides is 3. The maximum atomic E-state index is 12.7. The molecule has 2 atom stereocenters. The minimum absolute atomic E-state index is 0.0856. The second kappa shape index (κ2) is 11.0. The molecule has 8 nitrogen and oxygen atoms in total. The van der Waals surface area contributed by atoms with Gasteiger partial charge in [-0.1, -0.05) is 13.0 Å². The van der Waals surface area contributed by atoms with Crippen LogP contribution in [0.4, 0.5) is 23.8 Å². The fourth-order valence-corrected chi connectivity index (χ4v) is 4.10. The zero-order chi connectivity index (χ0) is 25.6. The Hall–Kier alpha value is -3.29. The van der Waals surface area contributed by atoms with E-state index in [9.17, 15) is 18.0 Å². The van der Waals surface area contributed by atoms with Crippen molar-refractivity contribution in [3.63, 3.8) is 0 Å². The Balaban J connectivity index is 1.55. The van der Waals surface area contributed by atoms with Crippen molar-refractivity contribution < 1.29 is 22.7 Å². The number of carbonyl (C=O) groups excluding carboxylic acids is 1. The van der Waals surface area contributed by atoms with Gasteiger partial charge in [0.1, 0.15) is 17.9 Å². The molecular weight excluding hydrogens is 461 g/mol. The van der Waals surface area contributed by atoms with Crippen LogP contribution in [0.3, 0.4) is 0 Å². The number of halogens is 3. The van der Waals surface area contributed by atoms with Crippen LogP contribution < -0.4 is 10.6 Å². The average molecular weight is 493 g/mol. The molecule has 2 fully saturated rings. The molecule has 1 aromatic heterocycles. The molecule has 1 aromatic rings. The third-order valence-electron chi connectivity index (χ3n) is 6.43. The quantitative estimate of drug-likeness (QED) is 0.295. The standard InChI is InChI=1S/C24H31F3N6O2/c1-4-15(3)20(13-29-17(5-2)12-28)30-21-11-19(32-33-21)16-6-7-18(10-16)35-22(34)31-23(8-9-23)14-24(25,26)27/h5,11,13,16,18H,4,6-10,14H2,1-3H3,(H,31,34)(H2,30,32,33)/b17-5-,20-15+,29-13-. The van der Waals surface area contributed by atoms with Gasteiger partial charge in [-0.3, -0.25) is 5.10 Å². The Morgan fingerprint density at radius 2 is 2.17 bits per heavy atom. The van der Waals surface area contributed by atoms with Crippen molar-refractivity contribution in [1.29, 1.82) is 5.26 Å². The summed E-state index contributed by atoms with van der Waals surface area (Å²) in [6.45, 7) is 5.73. The van der Waals surface area contributed by atoms with Crippen LogP contribution >= 0.6 is 0 Å². The normalized spacial score (nSPS) is 22.5. The molecule has 1 heterocycles. The number of ether oxygens (including phenoxy) is 1. The van der Waals surface area contributed by atoms with Crippen LogP contribution in [0.2, 0.25) is 0 Å². The highest BCUT2D eigenvalue weighted by molar-refractivity contribution is 5.84. The first kappa shape index (κ1) is 26.3. The number of nitrogens with one attached hydrogen (secondary N) is 3. The summed E-state index contributed by atoms with van der Waals surface area (Å²) in [6, 6.07) is 3.90. The van der Waals surface area contributed by atoms with E-state index in [1.54, 1.807) is 19.2 Å². The van der Waals surface area contributed by atoms with Crippen LogP contribution in [0, 0.1) is 11.3 Å². The lowest BCUT2D eigenvalue weighted by Gasteiger charge is -2.20. The van der Waals surface area contributed by atoms with Crippen molar-refractivity contribution in [2.45, 2.75) is 89.5 Å². The Morgan fingerprint density at radius 3 is 2.77 bits per heavy atom. The summed E-state index contributed by atoms with van der Waals surface area (Å²) in [5.74, 6) is 0.681. The van der Waals surface area contributed by atoms with Gasteiger partial charge in [-0.25, -0.2) is 9.79 Å². The van der Waals surface area contributed by atoms with Crippen molar-refractivity contribution in [1.82, 2.24) is 15.5 Å². The number of nitrogens with zero attached hydrogens (tertiary/aromatic N) is 3. The summed E-state index contributed by atoms with van der Waals surface area (Å²) in [4.78, 5) is 16.4. The number of amides is 1. The zero-order valence-electron chi connectivity index (χ0n) is 20.1. The largest absolute Gasteiger partial charge is 0.446 e. The minimum atomic E-state index is -4.32. The Kier molecular flexibility index (Phi) is 8.25. The molecule has 0 saturated heterocycles. The smallest absolute Gasteiger partial charge is 0.407 e. The number of nitriles is 1. The van der Waals surface area contributed by atoms with Gasteiger partial charge in [0.25, 0.3) is 0 Å². The third kappa shape index (κ3) is 7.60. The molecule has 0 aliphatic heterocycles. The van der Waals surface area contributed by atoms with E-state index in [0.29, 0.717) is 37.2 Å². The third-order valence-corrected chi connectivity index (χ3v) is 6.43. The predicted octanol–water partition coefficient (Wildman–Crippen LogP) is 5.85. The van der Waals surface area contributed by atoms with Gasteiger partial charge in [-0.15, -0.1) is 0 Å². The molecule has 0 spiro atoms. The number of alkyl carbamates (subject to hydrolysis) is 1. The van der Waals surface area contributed by atoms with Crippen LogP contribution in [0.25, 0.3) is 0 Å². The first-order valence-electron chi connectivity index (χ1n) is 11.7. The van der Waals surface area contributed by atoms with Crippen molar-refractivity contribution in [2.24, 2.45) is 4.99 Å². The average Bonchev–Trinajstić information content (AvgIpc) is 3.16.